The smallest absolute Gasteiger partial charge is 0.271 e. The van der Waals surface area contributed by atoms with E-state index in [0.29, 0.717) is 11.7 Å². The zero-order valence-corrected chi connectivity index (χ0v) is 10.9. The third-order valence-corrected chi connectivity index (χ3v) is 2.77. The number of halogens is 1. The number of hydrogen-bond donors (Lipinski definition) is 1. The second-order valence-corrected chi connectivity index (χ2v) is 4.34. The summed E-state index contributed by atoms with van der Waals surface area (Å²) in [5, 5.41) is 3.60. The molecule has 0 radical (unpaired) electrons. The van der Waals surface area contributed by atoms with Crippen molar-refractivity contribution in [1.29, 1.82) is 0 Å². The fourth-order valence-electron chi connectivity index (χ4n) is 1.07. The van der Waals surface area contributed by atoms with Crippen LogP contribution in [0.4, 0.5) is 0 Å². The normalized spacial score (nSPS) is 10.2. The molecular formula is C10H14ClN3OS. The van der Waals surface area contributed by atoms with Gasteiger partial charge in [0.25, 0.3) is 5.91 Å². The molecule has 1 heterocycles. The van der Waals surface area contributed by atoms with Crippen LogP contribution < -0.4 is 5.32 Å². The summed E-state index contributed by atoms with van der Waals surface area (Å²) in [6.07, 6.45) is 5.29. The number of amides is 1. The quantitative estimate of drug-likeness (QED) is 0.501. The minimum atomic E-state index is -0.240. The largest absolute Gasteiger partial charge is 0.351 e. The second kappa shape index (κ2) is 6.70. The number of carbonyl (C=O) groups is 1. The third-order valence-electron chi connectivity index (χ3n) is 1.94. The average Bonchev–Trinajstić information content (AvgIpc) is 2.30. The highest BCUT2D eigenvalue weighted by Crippen LogP contribution is 2.16. The number of hydrogen-bond acceptors (Lipinski definition) is 4. The molecule has 1 amide bonds. The van der Waals surface area contributed by atoms with Crippen LogP contribution in [0.15, 0.2) is 11.4 Å². The fourth-order valence-corrected chi connectivity index (χ4v) is 1.59. The highest BCUT2D eigenvalue weighted by Gasteiger charge is 2.13. The Labute approximate surface area is 104 Å². The SMILES string of the molecule is CCCCNC(=O)c1nc(SC)ncc1Cl. The van der Waals surface area contributed by atoms with E-state index in [-0.39, 0.29) is 16.6 Å². The number of rotatable bonds is 5. The summed E-state index contributed by atoms with van der Waals surface area (Å²) in [6.45, 7) is 2.71. The minimum absolute atomic E-state index is 0.240. The highest BCUT2D eigenvalue weighted by molar-refractivity contribution is 7.98. The Balaban J connectivity index is 2.73. The Kier molecular flexibility index (Phi) is 5.55. The molecule has 1 aromatic heterocycles. The van der Waals surface area contributed by atoms with E-state index in [1.807, 2.05) is 6.26 Å². The number of nitrogens with zero attached hydrogens (tertiary/aromatic N) is 2. The van der Waals surface area contributed by atoms with Gasteiger partial charge in [0, 0.05) is 6.54 Å². The molecular weight excluding hydrogens is 246 g/mol. The van der Waals surface area contributed by atoms with Gasteiger partial charge in [0.1, 0.15) is 0 Å². The Bertz CT molecular complexity index is 373. The zero-order chi connectivity index (χ0) is 12.0. The van der Waals surface area contributed by atoms with Gasteiger partial charge in [-0.2, -0.15) is 0 Å². The van der Waals surface area contributed by atoms with Gasteiger partial charge < -0.3 is 5.32 Å². The van der Waals surface area contributed by atoms with Crippen LogP contribution in [0, 0.1) is 0 Å². The van der Waals surface area contributed by atoms with Crippen LogP contribution in [0.5, 0.6) is 0 Å². The van der Waals surface area contributed by atoms with Gasteiger partial charge >= 0.3 is 0 Å². The van der Waals surface area contributed by atoms with Crippen LogP contribution >= 0.6 is 23.4 Å². The van der Waals surface area contributed by atoms with Gasteiger partial charge in [-0.1, -0.05) is 36.7 Å². The summed E-state index contributed by atoms with van der Waals surface area (Å²) < 4.78 is 0. The van der Waals surface area contributed by atoms with Crippen LogP contribution in [0.2, 0.25) is 5.02 Å². The van der Waals surface area contributed by atoms with Crippen molar-refractivity contribution in [1.82, 2.24) is 15.3 Å². The summed E-state index contributed by atoms with van der Waals surface area (Å²) in [5.74, 6) is -0.240. The molecule has 1 N–H and O–H groups in total. The van der Waals surface area contributed by atoms with E-state index in [0.717, 1.165) is 12.8 Å². The third kappa shape index (κ3) is 3.64. The maximum Gasteiger partial charge on any atom is 0.271 e. The van der Waals surface area contributed by atoms with Crippen molar-refractivity contribution in [2.24, 2.45) is 0 Å². The summed E-state index contributed by atoms with van der Waals surface area (Å²) in [4.78, 5) is 19.8. The molecule has 0 saturated heterocycles. The molecule has 0 aromatic carbocycles. The molecule has 0 aliphatic rings. The zero-order valence-electron chi connectivity index (χ0n) is 9.29. The Morgan fingerprint density at radius 1 is 1.62 bits per heavy atom. The van der Waals surface area contributed by atoms with Gasteiger partial charge in [-0.3, -0.25) is 4.79 Å². The molecule has 0 atom stereocenters. The lowest BCUT2D eigenvalue weighted by Crippen LogP contribution is -2.25. The van der Waals surface area contributed by atoms with Crippen LogP contribution in [0.1, 0.15) is 30.3 Å². The van der Waals surface area contributed by atoms with Crippen molar-refractivity contribution in [3.8, 4) is 0 Å². The number of unbranched alkanes of at least 4 members (excludes halogenated alkanes) is 1. The molecule has 4 nitrogen and oxygen atoms in total. The number of nitrogens with one attached hydrogen (secondary N) is 1. The Morgan fingerprint density at radius 2 is 2.38 bits per heavy atom. The van der Waals surface area contributed by atoms with Crippen molar-refractivity contribution >= 4 is 29.3 Å². The lowest BCUT2D eigenvalue weighted by atomic mass is 10.3. The molecule has 1 aromatic rings. The molecule has 16 heavy (non-hydrogen) atoms. The first-order chi connectivity index (χ1) is 7.69. The maximum absolute atomic E-state index is 11.7. The van der Waals surface area contributed by atoms with Crippen LogP contribution in [-0.2, 0) is 0 Å². The van der Waals surface area contributed by atoms with Crippen molar-refractivity contribution in [3.05, 3.63) is 16.9 Å². The maximum atomic E-state index is 11.7. The van der Waals surface area contributed by atoms with E-state index in [1.54, 1.807) is 0 Å². The van der Waals surface area contributed by atoms with E-state index < -0.39 is 0 Å². The van der Waals surface area contributed by atoms with Crippen molar-refractivity contribution < 1.29 is 4.79 Å². The van der Waals surface area contributed by atoms with Crippen LogP contribution in [-0.4, -0.2) is 28.7 Å². The number of aromatic nitrogens is 2. The van der Waals surface area contributed by atoms with Gasteiger partial charge in [-0.15, -0.1) is 0 Å². The van der Waals surface area contributed by atoms with Crippen LogP contribution in [0.3, 0.4) is 0 Å². The van der Waals surface area contributed by atoms with Crippen LogP contribution in [0.25, 0.3) is 0 Å². The standard InChI is InChI=1S/C10H14ClN3OS/c1-3-4-5-12-9(15)8-7(11)6-13-10(14-8)16-2/h6H,3-5H2,1-2H3,(H,12,15). The van der Waals surface area contributed by atoms with E-state index in [1.165, 1.54) is 18.0 Å². The Morgan fingerprint density at radius 3 is 3.00 bits per heavy atom. The summed E-state index contributed by atoms with van der Waals surface area (Å²) in [6, 6.07) is 0. The molecule has 0 aliphatic heterocycles. The van der Waals surface area contributed by atoms with Gasteiger partial charge in [-0.25, -0.2) is 9.97 Å². The minimum Gasteiger partial charge on any atom is -0.351 e. The highest BCUT2D eigenvalue weighted by atomic mass is 35.5. The molecule has 0 unspecified atom stereocenters. The van der Waals surface area contributed by atoms with Crippen molar-refractivity contribution in [2.75, 3.05) is 12.8 Å². The van der Waals surface area contributed by atoms with Gasteiger partial charge in [0.05, 0.1) is 11.2 Å². The number of thioether (sulfide) groups is 1. The predicted octanol–water partition coefficient (Wildman–Crippen LogP) is 2.38. The van der Waals surface area contributed by atoms with Gasteiger partial charge in [0.15, 0.2) is 10.9 Å². The predicted molar refractivity (Wildman–Crippen MR) is 66.1 cm³/mol. The lowest BCUT2D eigenvalue weighted by molar-refractivity contribution is 0.0947. The summed E-state index contributed by atoms with van der Waals surface area (Å²) in [5.41, 5.74) is 0.247. The molecule has 0 fully saturated rings. The first kappa shape index (κ1) is 13.3. The second-order valence-electron chi connectivity index (χ2n) is 3.16. The molecule has 0 bridgehead atoms. The van der Waals surface area contributed by atoms with E-state index in [9.17, 15) is 4.79 Å². The van der Waals surface area contributed by atoms with E-state index >= 15 is 0 Å². The van der Waals surface area contributed by atoms with E-state index in [4.69, 9.17) is 11.6 Å². The first-order valence-electron chi connectivity index (χ1n) is 5.03. The summed E-state index contributed by atoms with van der Waals surface area (Å²) in [7, 11) is 0. The molecule has 6 heteroatoms. The average molecular weight is 260 g/mol. The van der Waals surface area contributed by atoms with Gasteiger partial charge in [-0.05, 0) is 12.7 Å². The molecule has 0 saturated carbocycles. The topological polar surface area (TPSA) is 54.9 Å². The first-order valence-corrected chi connectivity index (χ1v) is 6.64. The van der Waals surface area contributed by atoms with Crippen molar-refractivity contribution in [3.63, 3.8) is 0 Å². The molecule has 88 valence electrons. The molecule has 1 rings (SSSR count). The monoisotopic (exact) mass is 259 g/mol. The molecule has 0 spiro atoms. The summed E-state index contributed by atoms with van der Waals surface area (Å²) >= 11 is 7.24. The van der Waals surface area contributed by atoms with Crippen molar-refractivity contribution in [2.45, 2.75) is 24.9 Å². The molecule has 0 aliphatic carbocycles. The number of carbonyl (C=O) groups excluding carboxylic acids is 1. The van der Waals surface area contributed by atoms with E-state index in [2.05, 4.69) is 22.2 Å². The van der Waals surface area contributed by atoms with Gasteiger partial charge in [0.2, 0.25) is 0 Å². The lowest BCUT2D eigenvalue weighted by Gasteiger charge is -2.05. The Hall–Kier alpha value is -0.810. The fraction of sp³-hybridized carbons (Fsp3) is 0.500.